The van der Waals surface area contributed by atoms with Crippen LogP contribution >= 0.6 is 0 Å². The summed E-state index contributed by atoms with van der Waals surface area (Å²) in [6, 6.07) is 4.73. The van der Waals surface area contributed by atoms with Gasteiger partial charge < -0.3 is 10.5 Å². The van der Waals surface area contributed by atoms with Crippen LogP contribution in [0.3, 0.4) is 0 Å². The predicted molar refractivity (Wildman–Crippen MR) is 52.7 cm³/mol. The van der Waals surface area contributed by atoms with Gasteiger partial charge in [0.1, 0.15) is 6.10 Å². The van der Waals surface area contributed by atoms with Gasteiger partial charge in [0, 0.05) is 5.56 Å². The summed E-state index contributed by atoms with van der Waals surface area (Å²) in [5.74, 6) is 0.0370. The Hall–Kier alpha value is -1.09. The zero-order chi connectivity index (χ0) is 10.1. The molecule has 0 amide bonds. The van der Waals surface area contributed by atoms with Crippen LogP contribution in [0.5, 0.6) is 5.75 Å². The highest BCUT2D eigenvalue weighted by molar-refractivity contribution is 5.41. The summed E-state index contributed by atoms with van der Waals surface area (Å²) in [6.07, 6.45) is 1.80. The van der Waals surface area contributed by atoms with Crippen molar-refractivity contribution in [2.75, 3.05) is 0 Å². The molecule has 1 aromatic carbocycles. The molecule has 14 heavy (non-hydrogen) atoms. The quantitative estimate of drug-likeness (QED) is 0.786. The molecule has 0 saturated carbocycles. The largest absolute Gasteiger partial charge is 0.485 e. The van der Waals surface area contributed by atoms with Gasteiger partial charge in [-0.2, -0.15) is 0 Å². The first kappa shape index (κ1) is 9.46. The van der Waals surface area contributed by atoms with Gasteiger partial charge in [0.05, 0.1) is 6.04 Å². The Morgan fingerprint density at radius 1 is 1.50 bits per heavy atom. The Bertz CT molecular complexity index is 340. The predicted octanol–water partition coefficient (Wildman–Crippen LogP) is 2.39. The number of rotatable bonds is 2. The lowest BCUT2D eigenvalue weighted by atomic mass is 10.0. The molecule has 76 valence electrons. The molecule has 0 saturated heterocycles. The Kier molecular flexibility index (Phi) is 2.42. The molecule has 2 nitrogen and oxygen atoms in total. The third-order valence-electron chi connectivity index (χ3n) is 2.60. The maximum atomic E-state index is 13.3. The van der Waals surface area contributed by atoms with E-state index in [2.05, 4.69) is 6.92 Å². The molecule has 0 aromatic heterocycles. The van der Waals surface area contributed by atoms with Crippen molar-refractivity contribution in [3.63, 3.8) is 0 Å². The van der Waals surface area contributed by atoms with Crippen molar-refractivity contribution < 1.29 is 9.13 Å². The first-order valence-corrected chi connectivity index (χ1v) is 4.94. The fourth-order valence-corrected chi connectivity index (χ4v) is 1.86. The van der Waals surface area contributed by atoms with Gasteiger partial charge in [-0.3, -0.25) is 0 Å². The molecule has 1 heterocycles. The second-order valence-corrected chi connectivity index (χ2v) is 3.63. The van der Waals surface area contributed by atoms with E-state index in [1.165, 1.54) is 6.07 Å². The minimum absolute atomic E-state index is 0.0631. The highest BCUT2D eigenvalue weighted by atomic mass is 19.1. The Morgan fingerprint density at radius 2 is 2.29 bits per heavy atom. The molecule has 1 aromatic rings. The SMILES string of the molecule is CCCC1Oc2c(F)cccc2C1N. The van der Waals surface area contributed by atoms with E-state index in [1.807, 2.05) is 6.07 Å². The summed E-state index contributed by atoms with van der Waals surface area (Å²) >= 11 is 0. The lowest BCUT2D eigenvalue weighted by Gasteiger charge is -2.13. The summed E-state index contributed by atoms with van der Waals surface area (Å²) in [7, 11) is 0. The average Bonchev–Trinajstić information content (AvgIpc) is 2.48. The number of fused-ring (bicyclic) bond motifs is 1. The number of benzene rings is 1. The first-order chi connectivity index (χ1) is 6.74. The average molecular weight is 195 g/mol. The van der Waals surface area contributed by atoms with Crippen LogP contribution in [0.15, 0.2) is 18.2 Å². The fourth-order valence-electron chi connectivity index (χ4n) is 1.86. The van der Waals surface area contributed by atoms with Crippen LogP contribution in [0.2, 0.25) is 0 Å². The lowest BCUT2D eigenvalue weighted by Crippen LogP contribution is -2.24. The van der Waals surface area contributed by atoms with Crippen molar-refractivity contribution in [2.24, 2.45) is 5.73 Å². The van der Waals surface area contributed by atoms with E-state index < -0.39 is 0 Å². The van der Waals surface area contributed by atoms with E-state index in [1.54, 1.807) is 6.07 Å². The Morgan fingerprint density at radius 3 is 2.93 bits per heavy atom. The van der Waals surface area contributed by atoms with Crippen molar-refractivity contribution in [1.82, 2.24) is 0 Å². The number of halogens is 1. The van der Waals surface area contributed by atoms with Crippen molar-refractivity contribution in [3.8, 4) is 5.75 Å². The molecule has 1 aliphatic rings. The Balaban J connectivity index is 2.30. The van der Waals surface area contributed by atoms with E-state index in [0.717, 1.165) is 18.4 Å². The first-order valence-electron chi connectivity index (χ1n) is 4.94. The third kappa shape index (κ3) is 1.38. The van der Waals surface area contributed by atoms with E-state index in [0.29, 0.717) is 5.75 Å². The highest BCUT2D eigenvalue weighted by Crippen LogP contribution is 2.38. The summed E-state index contributed by atoms with van der Waals surface area (Å²) in [4.78, 5) is 0. The van der Waals surface area contributed by atoms with Gasteiger partial charge in [-0.1, -0.05) is 25.5 Å². The minimum atomic E-state index is -0.309. The summed E-state index contributed by atoms with van der Waals surface area (Å²) in [6.45, 7) is 2.06. The molecule has 1 aliphatic heterocycles. The van der Waals surface area contributed by atoms with Crippen molar-refractivity contribution >= 4 is 0 Å². The van der Waals surface area contributed by atoms with Crippen LogP contribution in [-0.2, 0) is 0 Å². The van der Waals surface area contributed by atoms with Crippen LogP contribution in [-0.4, -0.2) is 6.10 Å². The molecule has 0 bridgehead atoms. The summed E-state index contributed by atoms with van der Waals surface area (Å²) < 4.78 is 18.8. The third-order valence-corrected chi connectivity index (χ3v) is 2.60. The molecule has 0 spiro atoms. The zero-order valence-corrected chi connectivity index (χ0v) is 8.16. The number of nitrogens with two attached hydrogens (primary N) is 1. The lowest BCUT2D eigenvalue weighted by molar-refractivity contribution is 0.188. The monoisotopic (exact) mass is 195 g/mol. The van der Waals surface area contributed by atoms with E-state index >= 15 is 0 Å². The number of hydrogen-bond acceptors (Lipinski definition) is 2. The molecule has 0 aliphatic carbocycles. The molecular weight excluding hydrogens is 181 g/mol. The minimum Gasteiger partial charge on any atom is -0.485 e. The van der Waals surface area contributed by atoms with Crippen LogP contribution in [0.1, 0.15) is 31.4 Å². The second-order valence-electron chi connectivity index (χ2n) is 3.63. The van der Waals surface area contributed by atoms with Crippen LogP contribution in [0.25, 0.3) is 0 Å². The van der Waals surface area contributed by atoms with Crippen LogP contribution in [0.4, 0.5) is 4.39 Å². The standard InChI is InChI=1S/C11H14FNO/c1-2-4-9-10(13)7-5-3-6-8(12)11(7)14-9/h3,5-6,9-10H,2,4,13H2,1H3. The number of hydrogen-bond donors (Lipinski definition) is 1. The van der Waals surface area contributed by atoms with Gasteiger partial charge >= 0.3 is 0 Å². The molecule has 2 rings (SSSR count). The van der Waals surface area contributed by atoms with Gasteiger partial charge in [0.15, 0.2) is 11.6 Å². The van der Waals surface area contributed by atoms with Gasteiger partial charge in [-0.15, -0.1) is 0 Å². The zero-order valence-electron chi connectivity index (χ0n) is 8.16. The fraction of sp³-hybridized carbons (Fsp3) is 0.455. The van der Waals surface area contributed by atoms with Crippen molar-refractivity contribution in [1.29, 1.82) is 0 Å². The smallest absolute Gasteiger partial charge is 0.165 e. The summed E-state index contributed by atoms with van der Waals surface area (Å²) in [5, 5.41) is 0. The molecule has 2 atom stereocenters. The molecule has 2 N–H and O–H groups in total. The summed E-state index contributed by atoms with van der Waals surface area (Å²) in [5.41, 5.74) is 6.75. The van der Waals surface area contributed by atoms with Gasteiger partial charge in [-0.25, -0.2) is 4.39 Å². The number of ether oxygens (including phenoxy) is 1. The molecule has 3 heteroatoms. The second kappa shape index (κ2) is 3.58. The van der Waals surface area contributed by atoms with Gasteiger partial charge in [-0.05, 0) is 12.5 Å². The van der Waals surface area contributed by atoms with Crippen LogP contribution in [0, 0.1) is 5.82 Å². The maximum Gasteiger partial charge on any atom is 0.165 e. The number of para-hydroxylation sites is 1. The topological polar surface area (TPSA) is 35.2 Å². The van der Waals surface area contributed by atoms with Crippen LogP contribution < -0.4 is 10.5 Å². The normalized spacial score (nSPS) is 24.5. The van der Waals surface area contributed by atoms with Gasteiger partial charge in [0.2, 0.25) is 0 Å². The van der Waals surface area contributed by atoms with E-state index in [4.69, 9.17) is 10.5 Å². The Labute approximate surface area is 82.9 Å². The molecular formula is C11H14FNO. The molecule has 0 radical (unpaired) electrons. The van der Waals surface area contributed by atoms with Gasteiger partial charge in [0.25, 0.3) is 0 Å². The van der Waals surface area contributed by atoms with Crippen molar-refractivity contribution in [3.05, 3.63) is 29.6 Å². The van der Waals surface area contributed by atoms with E-state index in [-0.39, 0.29) is 18.0 Å². The maximum absolute atomic E-state index is 13.3. The highest BCUT2D eigenvalue weighted by Gasteiger charge is 2.32. The molecule has 2 unspecified atom stereocenters. The van der Waals surface area contributed by atoms with Crippen molar-refractivity contribution in [2.45, 2.75) is 31.9 Å². The van der Waals surface area contributed by atoms with E-state index in [9.17, 15) is 4.39 Å². The molecule has 0 fully saturated rings.